The van der Waals surface area contributed by atoms with Gasteiger partial charge >= 0.3 is 6.03 Å². The minimum absolute atomic E-state index is 0.0550. The number of urea groups is 1. The second-order valence-electron chi connectivity index (χ2n) is 6.23. The molecule has 1 aliphatic heterocycles. The van der Waals surface area contributed by atoms with E-state index in [4.69, 9.17) is 5.11 Å². The maximum Gasteiger partial charge on any atom is 0.317 e. The topological polar surface area (TPSA) is 70.4 Å². The van der Waals surface area contributed by atoms with Gasteiger partial charge in [-0.05, 0) is 24.3 Å². The van der Waals surface area contributed by atoms with E-state index in [1.165, 1.54) is 5.56 Å². The van der Waals surface area contributed by atoms with Gasteiger partial charge in [0.25, 0.3) is 0 Å². The molecule has 0 saturated carbocycles. The Kier molecular flexibility index (Phi) is 5.48. The van der Waals surface area contributed by atoms with Gasteiger partial charge in [0, 0.05) is 38.6 Å². The molecule has 3 rings (SSSR count). The summed E-state index contributed by atoms with van der Waals surface area (Å²) in [6.45, 7) is 2.78. The molecule has 0 bridgehead atoms. The van der Waals surface area contributed by atoms with Crippen LogP contribution < -0.4 is 5.32 Å². The largest absolute Gasteiger partial charge is 0.396 e. The van der Waals surface area contributed by atoms with Crippen LogP contribution in [0.15, 0.2) is 42.7 Å². The van der Waals surface area contributed by atoms with Crippen LogP contribution in [-0.4, -0.2) is 45.3 Å². The first-order valence-electron chi connectivity index (χ1n) is 8.44. The molecule has 0 radical (unpaired) electrons. The number of imidazole rings is 1. The van der Waals surface area contributed by atoms with E-state index in [2.05, 4.69) is 22.4 Å². The molecule has 2 N–H and O–H groups in total. The van der Waals surface area contributed by atoms with Crippen molar-refractivity contribution in [3.8, 4) is 0 Å². The smallest absolute Gasteiger partial charge is 0.317 e. The van der Waals surface area contributed by atoms with Gasteiger partial charge in [-0.25, -0.2) is 9.78 Å². The molecular weight excluding hydrogens is 304 g/mol. The van der Waals surface area contributed by atoms with Crippen LogP contribution in [0.2, 0.25) is 0 Å². The number of carbonyl (C=O) groups excluding carboxylic acids is 1. The first-order chi connectivity index (χ1) is 11.8. The van der Waals surface area contributed by atoms with Crippen molar-refractivity contribution < 1.29 is 9.90 Å². The summed E-state index contributed by atoms with van der Waals surface area (Å²) in [7, 11) is 0. The average Bonchev–Trinajstić information content (AvgIpc) is 3.07. The molecule has 0 aliphatic carbocycles. The zero-order chi connectivity index (χ0) is 16.8. The quantitative estimate of drug-likeness (QED) is 0.880. The molecule has 128 valence electrons. The Morgan fingerprint density at radius 2 is 2.00 bits per heavy atom. The first kappa shape index (κ1) is 16.5. The fraction of sp³-hybridized carbons (Fsp3) is 0.444. The molecule has 6 nitrogen and oxygen atoms in total. The van der Waals surface area contributed by atoms with Gasteiger partial charge in [-0.2, -0.15) is 0 Å². The highest BCUT2D eigenvalue weighted by Gasteiger charge is 2.22. The van der Waals surface area contributed by atoms with Crippen LogP contribution in [0, 0.1) is 5.92 Å². The SMILES string of the molecule is O=C(NCc1nccn1Cc1ccccc1)N1CCC(CO)CC1. The van der Waals surface area contributed by atoms with Crippen LogP contribution in [0.3, 0.4) is 0 Å². The molecule has 1 aromatic carbocycles. The minimum Gasteiger partial charge on any atom is -0.396 e. The zero-order valence-corrected chi connectivity index (χ0v) is 13.8. The molecule has 0 spiro atoms. The van der Waals surface area contributed by atoms with E-state index in [1.807, 2.05) is 33.9 Å². The predicted octanol–water partition coefficient (Wildman–Crippen LogP) is 1.85. The van der Waals surface area contributed by atoms with E-state index in [0.717, 1.165) is 25.2 Å². The summed E-state index contributed by atoms with van der Waals surface area (Å²) in [5.41, 5.74) is 1.20. The van der Waals surface area contributed by atoms with E-state index in [0.29, 0.717) is 25.6 Å². The molecule has 0 unspecified atom stereocenters. The van der Waals surface area contributed by atoms with Gasteiger partial charge in [0.2, 0.25) is 0 Å². The van der Waals surface area contributed by atoms with Gasteiger partial charge in [0.1, 0.15) is 5.82 Å². The minimum atomic E-state index is -0.0550. The molecule has 1 fully saturated rings. The number of hydrogen-bond donors (Lipinski definition) is 2. The van der Waals surface area contributed by atoms with Gasteiger partial charge in [-0.1, -0.05) is 30.3 Å². The summed E-state index contributed by atoms with van der Waals surface area (Å²) in [5, 5.41) is 12.1. The maximum atomic E-state index is 12.3. The van der Waals surface area contributed by atoms with E-state index in [9.17, 15) is 4.79 Å². The number of benzene rings is 1. The summed E-state index contributed by atoms with van der Waals surface area (Å²) >= 11 is 0. The van der Waals surface area contributed by atoms with Crippen molar-refractivity contribution in [3.63, 3.8) is 0 Å². The average molecular weight is 328 g/mol. The Morgan fingerprint density at radius 1 is 1.25 bits per heavy atom. The van der Waals surface area contributed by atoms with Crippen LogP contribution in [-0.2, 0) is 13.1 Å². The Labute approximate surface area is 142 Å². The third-order valence-electron chi connectivity index (χ3n) is 4.56. The van der Waals surface area contributed by atoms with Crippen molar-refractivity contribution in [2.45, 2.75) is 25.9 Å². The number of rotatable bonds is 5. The number of carbonyl (C=O) groups is 1. The number of amides is 2. The summed E-state index contributed by atoms with van der Waals surface area (Å²) in [6, 6.07) is 10.1. The molecule has 24 heavy (non-hydrogen) atoms. The lowest BCUT2D eigenvalue weighted by Crippen LogP contribution is -2.44. The van der Waals surface area contributed by atoms with Crippen LogP contribution in [0.5, 0.6) is 0 Å². The summed E-state index contributed by atoms with van der Waals surface area (Å²) in [6.07, 6.45) is 5.43. The van der Waals surface area contributed by atoms with Crippen molar-refractivity contribution in [1.82, 2.24) is 19.8 Å². The molecule has 1 aromatic heterocycles. The molecule has 0 atom stereocenters. The van der Waals surface area contributed by atoms with Crippen LogP contribution in [0.4, 0.5) is 4.79 Å². The Hall–Kier alpha value is -2.34. The van der Waals surface area contributed by atoms with Crippen molar-refractivity contribution in [1.29, 1.82) is 0 Å². The molecule has 1 saturated heterocycles. The third kappa shape index (κ3) is 4.14. The molecule has 1 aliphatic rings. The predicted molar refractivity (Wildman–Crippen MR) is 91.4 cm³/mol. The van der Waals surface area contributed by atoms with Crippen LogP contribution >= 0.6 is 0 Å². The van der Waals surface area contributed by atoms with Gasteiger partial charge in [-0.15, -0.1) is 0 Å². The molecule has 2 amide bonds. The fourth-order valence-electron chi connectivity index (χ4n) is 3.02. The van der Waals surface area contributed by atoms with Crippen molar-refractivity contribution >= 4 is 6.03 Å². The summed E-state index contributed by atoms with van der Waals surface area (Å²) in [5.74, 6) is 1.18. The lowest BCUT2D eigenvalue weighted by atomic mass is 9.98. The molecule has 2 aromatic rings. The highest BCUT2D eigenvalue weighted by Crippen LogP contribution is 2.16. The van der Waals surface area contributed by atoms with Crippen molar-refractivity contribution in [2.75, 3.05) is 19.7 Å². The normalized spacial score (nSPS) is 15.5. The Bertz CT molecular complexity index is 648. The fourth-order valence-corrected chi connectivity index (χ4v) is 3.02. The van der Waals surface area contributed by atoms with Crippen molar-refractivity contribution in [3.05, 3.63) is 54.1 Å². The maximum absolute atomic E-state index is 12.3. The van der Waals surface area contributed by atoms with Crippen LogP contribution in [0.25, 0.3) is 0 Å². The summed E-state index contributed by atoms with van der Waals surface area (Å²) in [4.78, 5) is 18.4. The zero-order valence-electron chi connectivity index (χ0n) is 13.8. The standard InChI is InChI=1S/C18H24N4O2/c23-14-16-6-9-21(10-7-16)18(24)20-12-17-19-8-11-22(17)13-15-4-2-1-3-5-15/h1-5,8,11,16,23H,6-7,9-10,12-14H2,(H,20,24). The number of aromatic nitrogens is 2. The number of hydrogen-bond acceptors (Lipinski definition) is 3. The highest BCUT2D eigenvalue weighted by atomic mass is 16.3. The lowest BCUT2D eigenvalue weighted by Gasteiger charge is -2.31. The van der Waals surface area contributed by atoms with Gasteiger partial charge < -0.3 is 19.9 Å². The Morgan fingerprint density at radius 3 is 2.71 bits per heavy atom. The number of piperidine rings is 1. The number of likely N-dealkylation sites (tertiary alicyclic amines) is 1. The monoisotopic (exact) mass is 328 g/mol. The second-order valence-corrected chi connectivity index (χ2v) is 6.23. The van der Waals surface area contributed by atoms with E-state index in [-0.39, 0.29) is 12.6 Å². The van der Waals surface area contributed by atoms with E-state index >= 15 is 0 Å². The highest BCUT2D eigenvalue weighted by molar-refractivity contribution is 5.74. The van der Waals surface area contributed by atoms with E-state index < -0.39 is 0 Å². The van der Waals surface area contributed by atoms with Crippen molar-refractivity contribution in [2.24, 2.45) is 5.92 Å². The number of aliphatic hydroxyl groups is 1. The van der Waals surface area contributed by atoms with Gasteiger partial charge in [0.05, 0.1) is 6.54 Å². The van der Waals surface area contributed by atoms with Gasteiger partial charge in [0.15, 0.2) is 0 Å². The van der Waals surface area contributed by atoms with Gasteiger partial charge in [-0.3, -0.25) is 0 Å². The number of aliphatic hydroxyl groups excluding tert-OH is 1. The second kappa shape index (κ2) is 7.97. The Balaban J connectivity index is 1.52. The van der Waals surface area contributed by atoms with Crippen LogP contribution in [0.1, 0.15) is 24.2 Å². The number of nitrogens with zero attached hydrogens (tertiary/aromatic N) is 3. The third-order valence-corrected chi connectivity index (χ3v) is 4.56. The van der Waals surface area contributed by atoms with E-state index in [1.54, 1.807) is 6.20 Å². The molecular formula is C18H24N4O2. The lowest BCUT2D eigenvalue weighted by molar-refractivity contribution is 0.137. The first-order valence-corrected chi connectivity index (χ1v) is 8.44. The molecule has 2 heterocycles. The molecule has 6 heteroatoms. The summed E-state index contributed by atoms with van der Waals surface area (Å²) < 4.78 is 2.05. The number of nitrogens with one attached hydrogen (secondary N) is 1.